The molecule has 0 spiro atoms. The highest BCUT2D eigenvalue weighted by Gasteiger charge is 2.01. The molecule has 0 rings (SSSR count). The molecule has 0 saturated carbocycles. The fourth-order valence-electron chi connectivity index (χ4n) is 0.974. The Kier molecular flexibility index (Phi) is 9.19. The zero-order chi connectivity index (χ0) is 10.8. The Balaban J connectivity index is 3.26. The van der Waals surface area contributed by atoms with Crippen molar-refractivity contribution < 1.29 is 4.79 Å². The van der Waals surface area contributed by atoms with E-state index in [0.29, 0.717) is 11.8 Å². The van der Waals surface area contributed by atoms with Crippen LogP contribution in [0.2, 0.25) is 0 Å². The standard InChI is InChI=1S/C10H22N2OS/c1-4-6-11-8-10(13)12-7-5-9(2)14-3/h9,11H,4-8H2,1-3H3,(H,12,13). The van der Waals surface area contributed by atoms with Crippen molar-refractivity contribution in [3.8, 4) is 0 Å². The second-order valence-electron chi connectivity index (χ2n) is 3.36. The molecule has 0 aromatic rings. The van der Waals surface area contributed by atoms with E-state index in [9.17, 15) is 4.79 Å². The maximum absolute atomic E-state index is 11.2. The highest BCUT2D eigenvalue weighted by molar-refractivity contribution is 7.99. The summed E-state index contributed by atoms with van der Waals surface area (Å²) >= 11 is 1.83. The zero-order valence-electron chi connectivity index (χ0n) is 9.43. The Bertz CT molecular complexity index is 153. The first-order valence-corrected chi connectivity index (χ1v) is 6.49. The topological polar surface area (TPSA) is 41.1 Å². The van der Waals surface area contributed by atoms with E-state index in [-0.39, 0.29) is 5.91 Å². The van der Waals surface area contributed by atoms with E-state index in [4.69, 9.17) is 0 Å². The smallest absolute Gasteiger partial charge is 0.233 e. The third-order valence-electron chi connectivity index (χ3n) is 1.99. The van der Waals surface area contributed by atoms with E-state index < -0.39 is 0 Å². The largest absolute Gasteiger partial charge is 0.355 e. The molecule has 0 aliphatic rings. The number of hydrogen-bond acceptors (Lipinski definition) is 3. The van der Waals surface area contributed by atoms with Crippen molar-refractivity contribution in [2.24, 2.45) is 0 Å². The van der Waals surface area contributed by atoms with Crippen LogP contribution in [-0.4, -0.2) is 37.0 Å². The lowest BCUT2D eigenvalue weighted by molar-refractivity contribution is -0.120. The summed E-state index contributed by atoms with van der Waals surface area (Å²) in [5, 5.41) is 6.59. The first-order valence-electron chi connectivity index (χ1n) is 5.20. The van der Waals surface area contributed by atoms with Gasteiger partial charge in [-0.05, 0) is 25.6 Å². The van der Waals surface area contributed by atoms with Crippen LogP contribution in [-0.2, 0) is 4.79 Å². The van der Waals surface area contributed by atoms with E-state index >= 15 is 0 Å². The average molecular weight is 218 g/mol. The molecule has 84 valence electrons. The summed E-state index contributed by atoms with van der Waals surface area (Å²) in [4.78, 5) is 11.2. The molecule has 0 saturated heterocycles. The summed E-state index contributed by atoms with van der Waals surface area (Å²) < 4.78 is 0. The molecule has 0 aromatic heterocycles. The fraction of sp³-hybridized carbons (Fsp3) is 0.900. The van der Waals surface area contributed by atoms with Crippen molar-refractivity contribution >= 4 is 17.7 Å². The van der Waals surface area contributed by atoms with Crippen molar-refractivity contribution in [2.75, 3.05) is 25.9 Å². The molecule has 1 unspecified atom stereocenters. The second kappa shape index (κ2) is 9.34. The first-order chi connectivity index (χ1) is 6.70. The Morgan fingerprint density at radius 3 is 2.71 bits per heavy atom. The Morgan fingerprint density at radius 1 is 1.43 bits per heavy atom. The lowest BCUT2D eigenvalue weighted by Crippen LogP contribution is -2.35. The van der Waals surface area contributed by atoms with Gasteiger partial charge in [0.1, 0.15) is 0 Å². The average Bonchev–Trinajstić information content (AvgIpc) is 2.18. The molecule has 14 heavy (non-hydrogen) atoms. The maximum Gasteiger partial charge on any atom is 0.233 e. The van der Waals surface area contributed by atoms with E-state index in [1.807, 2.05) is 11.8 Å². The quantitative estimate of drug-likeness (QED) is 0.602. The van der Waals surface area contributed by atoms with E-state index in [2.05, 4.69) is 30.7 Å². The molecule has 0 aromatic carbocycles. The van der Waals surface area contributed by atoms with Crippen LogP contribution < -0.4 is 10.6 Å². The number of thioether (sulfide) groups is 1. The van der Waals surface area contributed by atoms with Crippen LogP contribution in [0, 0.1) is 0 Å². The number of nitrogens with one attached hydrogen (secondary N) is 2. The minimum atomic E-state index is 0.103. The van der Waals surface area contributed by atoms with E-state index in [0.717, 1.165) is 25.9 Å². The summed E-state index contributed by atoms with van der Waals surface area (Å²) in [6.45, 7) is 6.40. The molecule has 0 aliphatic carbocycles. The summed E-state index contributed by atoms with van der Waals surface area (Å²) in [5.41, 5.74) is 0. The molecule has 0 fully saturated rings. The molecular weight excluding hydrogens is 196 g/mol. The predicted molar refractivity (Wildman–Crippen MR) is 63.8 cm³/mol. The number of amides is 1. The van der Waals surface area contributed by atoms with Crippen molar-refractivity contribution in [1.29, 1.82) is 0 Å². The van der Waals surface area contributed by atoms with Gasteiger partial charge in [-0.1, -0.05) is 13.8 Å². The zero-order valence-corrected chi connectivity index (χ0v) is 10.2. The highest BCUT2D eigenvalue weighted by Crippen LogP contribution is 2.07. The highest BCUT2D eigenvalue weighted by atomic mass is 32.2. The Morgan fingerprint density at radius 2 is 2.14 bits per heavy atom. The molecule has 0 bridgehead atoms. The molecule has 1 amide bonds. The number of hydrogen-bond donors (Lipinski definition) is 2. The Labute approximate surface area is 91.4 Å². The molecule has 0 heterocycles. The molecule has 0 radical (unpaired) electrons. The van der Waals surface area contributed by atoms with Gasteiger partial charge < -0.3 is 10.6 Å². The molecule has 4 heteroatoms. The van der Waals surface area contributed by atoms with Crippen LogP contribution in [0.5, 0.6) is 0 Å². The van der Waals surface area contributed by atoms with Crippen LogP contribution in [0.4, 0.5) is 0 Å². The van der Waals surface area contributed by atoms with E-state index in [1.165, 1.54) is 0 Å². The summed E-state index contributed by atoms with van der Waals surface area (Å²) in [6.07, 6.45) is 4.20. The lowest BCUT2D eigenvalue weighted by Gasteiger charge is -2.09. The van der Waals surface area contributed by atoms with Gasteiger partial charge in [-0.15, -0.1) is 0 Å². The van der Waals surface area contributed by atoms with Gasteiger partial charge >= 0.3 is 0 Å². The van der Waals surface area contributed by atoms with Crippen molar-refractivity contribution in [3.05, 3.63) is 0 Å². The molecule has 1 atom stereocenters. The van der Waals surface area contributed by atoms with Crippen LogP contribution in [0.3, 0.4) is 0 Å². The normalized spacial score (nSPS) is 12.5. The van der Waals surface area contributed by atoms with Gasteiger partial charge in [0.2, 0.25) is 5.91 Å². The minimum absolute atomic E-state index is 0.103. The van der Waals surface area contributed by atoms with Crippen LogP contribution in [0.25, 0.3) is 0 Å². The SMILES string of the molecule is CCCNCC(=O)NCCC(C)SC. The van der Waals surface area contributed by atoms with Crippen LogP contribution >= 0.6 is 11.8 Å². The molecule has 0 aliphatic heterocycles. The van der Waals surface area contributed by atoms with Crippen LogP contribution in [0.15, 0.2) is 0 Å². The minimum Gasteiger partial charge on any atom is -0.355 e. The van der Waals surface area contributed by atoms with Crippen molar-refractivity contribution in [2.45, 2.75) is 31.9 Å². The van der Waals surface area contributed by atoms with Gasteiger partial charge in [-0.25, -0.2) is 0 Å². The van der Waals surface area contributed by atoms with Gasteiger partial charge in [-0.3, -0.25) is 4.79 Å². The number of carbonyl (C=O) groups is 1. The summed E-state index contributed by atoms with van der Waals surface area (Å²) in [6, 6.07) is 0. The molecule has 3 nitrogen and oxygen atoms in total. The van der Waals surface area contributed by atoms with E-state index in [1.54, 1.807) is 0 Å². The Hall–Kier alpha value is -0.220. The number of rotatable bonds is 8. The molecule has 2 N–H and O–H groups in total. The van der Waals surface area contributed by atoms with Gasteiger partial charge in [0.05, 0.1) is 6.54 Å². The van der Waals surface area contributed by atoms with Crippen molar-refractivity contribution in [3.63, 3.8) is 0 Å². The monoisotopic (exact) mass is 218 g/mol. The molecular formula is C10H22N2OS. The fourth-order valence-corrected chi connectivity index (χ4v) is 1.33. The van der Waals surface area contributed by atoms with Gasteiger partial charge in [0.25, 0.3) is 0 Å². The third-order valence-corrected chi connectivity index (χ3v) is 3.03. The number of carbonyl (C=O) groups excluding carboxylic acids is 1. The second-order valence-corrected chi connectivity index (χ2v) is 4.64. The third kappa shape index (κ3) is 8.38. The maximum atomic E-state index is 11.2. The predicted octanol–water partition coefficient (Wildman–Crippen LogP) is 1.24. The van der Waals surface area contributed by atoms with Gasteiger partial charge in [0, 0.05) is 11.8 Å². The van der Waals surface area contributed by atoms with Gasteiger partial charge in [-0.2, -0.15) is 11.8 Å². The van der Waals surface area contributed by atoms with Gasteiger partial charge in [0.15, 0.2) is 0 Å². The summed E-state index contributed by atoms with van der Waals surface area (Å²) in [7, 11) is 0. The van der Waals surface area contributed by atoms with Crippen molar-refractivity contribution in [1.82, 2.24) is 10.6 Å². The lowest BCUT2D eigenvalue weighted by atomic mass is 10.3. The first kappa shape index (κ1) is 13.8. The summed E-state index contributed by atoms with van der Waals surface area (Å²) in [5.74, 6) is 0.103. The van der Waals surface area contributed by atoms with Crippen LogP contribution in [0.1, 0.15) is 26.7 Å².